The van der Waals surface area contributed by atoms with E-state index in [0.29, 0.717) is 23.2 Å². The summed E-state index contributed by atoms with van der Waals surface area (Å²) >= 11 is 6.08. The number of carbonyl (C=O) groups is 1. The lowest BCUT2D eigenvalue weighted by Crippen LogP contribution is -2.39. The number of halogens is 1. The van der Waals surface area contributed by atoms with Crippen LogP contribution in [0, 0.1) is 6.92 Å². The molecule has 0 aromatic carbocycles. The topological polar surface area (TPSA) is 58.1 Å². The second-order valence-electron chi connectivity index (χ2n) is 4.81. The number of aromatic nitrogens is 2. The zero-order valence-electron chi connectivity index (χ0n) is 12.1. The molecule has 0 atom stereocenters. The van der Waals surface area contributed by atoms with Gasteiger partial charge in [-0.1, -0.05) is 18.5 Å². The van der Waals surface area contributed by atoms with Crippen LogP contribution in [0.2, 0.25) is 5.15 Å². The highest BCUT2D eigenvalue weighted by Crippen LogP contribution is 2.22. The first-order valence-electron chi connectivity index (χ1n) is 6.38. The molecule has 1 amide bonds. The smallest absolute Gasteiger partial charge is 0.239 e. The van der Waals surface area contributed by atoms with Gasteiger partial charge in [-0.2, -0.15) is 0 Å². The van der Waals surface area contributed by atoms with Crippen molar-refractivity contribution < 1.29 is 4.79 Å². The summed E-state index contributed by atoms with van der Waals surface area (Å²) in [6, 6.07) is 0.127. The van der Waals surface area contributed by atoms with E-state index in [4.69, 9.17) is 11.6 Å². The number of amides is 1. The van der Waals surface area contributed by atoms with Crippen LogP contribution in [-0.4, -0.2) is 35.5 Å². The summed E-state index contributed by atoms with van der Waals surface area (Å²) in [6.45, 7) is 7.93. The van der Waals surface area contributed by atoms with E-state index in [9.17, 15) is 4.79 Å². The van der Waals surface area contributed by atoms with Crippen molar-refractivity contribution in [3.63, 3.8) is 0 Å². The molecule has 0 saturated carbocycles. The van der Waals surface area contributed by atoms with Crippen molar-refractivity contribution in [2.24, 2.45) is 0 Å². The second-order valence-corrected chi connectivity index (χ2v) is 5.17. The fraction of sp³-hybridized carbons (Fsp3) is 0.615. The number of likely N-dealkylation sites (N-methyl/N-ethyl adjacent to an activating group) is 1. The third-order valence-electron chi connectivity index (χ3n) is 2.62. The summed E-state index contributed by atoms with van der Waals surface area (Å²) in [5.74, 6) is 1.35. The van der Waals surface area contributed by atoms with Gasteiger partial charge in [0.15, 0.2) is 0 Å². The van der Waals surface area contributed by atoms with Gasteiger partial charge in [0.25, 0.3) is 0 Å². The third kappa shape index (κ3) is 4.35. The van der Waals surface area contributed by atoms with Crippen LogP contribution in [0.4, 0.5) is 5.82 Å². The number of hydrogen-bond acceptors (Lipinski definition) is 4. The fourth-order valence-corrected chi connectivity index (χ4v) is 1.89. The number of carbonyl (C=O) groups excluding carboxylic acids is 1. The van der Waals surface area contributed by atoms with Crippen LogP contribution in [0.5, 0.6) is 0 Å². The largest absolute Gasteiger partial charge is 0.352 e. The molecular formula is C13H21ClN4O. The van der Waals surface area contributed by atoms with Crippen LogP contribution in [0.1, 0.15) is 32.2 Å². The Balaban J connectivity index is 2.90. The van der Waals surface area contributed by atoms with Gasteiger partial charge in [-0.3, -0.25) is 4.79 Å². The molecule has 1 rings (SSSR count). The van der Waals surface area contributed by atoms with E-state index in [1.807, 2.05) is 34.7 Å². The minimum atomic E-state index is -0.0373. The number of nitrogens with zero attached hydrogens (tertiary/aromatic N) is 3. The molecule has 5 nitrogen and oxygen atoms in total. The molecule has 0 fully saturated rings. The molecule has 0 unspecified atom stereocenters. The Kier molecular flexibility index (Phi) is 5.54. The van der Waals surface area contributed by atoms with E-state index in [-0.39, 0.29) is 18.5 Å². The molecule has 0 saturated heterocycles. The Labute approximate surface area is 119 Å². The standard InChI is InChI=1S/C13H21ClN4O/c1-6-10-16-12(14)9(4)13(17-10)18(5)7-11(19)15-8(2)3/h8H,6-7H2,1-5H3,(H,15,19). The van der Waals surface area contributed by atoms with Gasteiger partial charge in [0.2, 0.25) is 5.91 Å². The van der Waals surface area contributed by atoms with E-state index < -0.39 is 0 Å². The number of aryl methyl sites for hydroxylation is 1. The van der Waals surface area contributed by atoms with Gasteiger partial charge < -0.3 is 10.2 Å². The maximum absolute atomic E-state index is 11.8. The Morgan fingerprint density at radius 2 is 2.05 bits per heavy atom. The molecule has 0 aliphatic carbocycles. The molecular weight excluding hydrogens is 264 g/mol. The Bertz CT molecular complexity index is 462. The van der Waals surface area contributed by atoms with Gasteiger partial charge in [0.05, 0.1) is 6.54 Å². The highest BCUT2D eigenvalue weighted by Gasteiger charge is 2.15. The Morgan fingerprint density at radius 3 is 2.58 bits per heavy atom. The minimum absolute atomic E-state index is 0.0373. The monoisotopic (exact) mass is 284 g/mol. The molecule has 0 bridgehead atoms. The van der Waals surface area contributed by atoms with Crippen molar-refractivity contribution in [3.05, 3.63) is 16.5 Å². The van der Waals surface area contributed by atoms with E-state index in [2.05, 4.69) is 15.3 Å². The molecule has 0 spiro atoms. The quantitative estimate of drug-likeness (QED) is 0.840. The highest BCUT2D eigenvalue weighted by atomic mass is 35.5. The summed E-state index contributed by atoms with van der Waals surface area (Å²) in [5.41, 5.74) is 0.790. The van der Waals surface area contributed by atoms with Crippen LogP contribution in [-0.2, 0) is 11.2 Å². The third-order valence-corrected chi connectivity index (χ3v) is 2.98. The number of rotatable bonds is 5. The predicted octanol–water partition coefficient (Wildman–Crippen LogP) is 1.96. The maximum atomic E-state index is 11.8. The van der Waals surface area contributed by atoms with Crippen LogP contribution in [0.3, 0.4) is 0 Å². The average molecular weight is 285 g/mol. The molecule has 1 heterocycles. The Hall–Kier alpha value is -1.36. The summed E-state index contributed by atoms with van der Waals surface area (Å²) < 4.78 is 0. The van der Waals surface area contributed by atoms with E-state index in [0.717, 1.165) is 5.56 Å². The van der Waals surface area contributed by atoms with E-state index in [1.54, 1.807) is 4.90 Å². The zero-order chi connectivity index (χ0) is 14.6. The van der Waals surface area contributed by atoms with Crippen molar-refractivity contribution in [1.82, 2.24) is 15.3 Å². The van der Waals surface area contributed by atoms with Crippen molar-refractivity contribution in [3.8, 4) is 0 Å². The minimum Gasteiger partial charge on any atom is -0.352 e. The van der Waals surface area contributed by atoms with Gasteiger partial charge in [-0.05, 0) is 20.8 Å². The van der Waals surface area contributed by atoms with Gasteiger partial charge in [0, 0.05) is 25.1 Å². The van der Waals surface area contributed by atoms with Gasteiger partial charge >= 0.3 is 0 Å². The molecule has 6 heteroatoms. The van der Waals surface area contributed by atoms with Gasteiger partial charge in [0.1, 0.15) is 16.8 Å². The number of nitrogens with one attached hydrogen (secondary N) is 1. The molecule has 0 aliphatic rings. The highest BCUT2D eigenvalue weighted by molar-refractivity contribution is 6.30. The van der Waals surface area contributed by atoms with E-state index >= 15 is 0 Å². The van der Waals surface area contributed by atoms with E-state index in [1.165, 1.54) is 0 Å². The molecule has 1 aromatic rings. The first kappa shape index (κ1) is 15.7. The Morgan fingerprint density at radius 1 is 1.42 bits per heavy atom. The first-order valence-corrected chi connectivity index (χ1v) is 6.76. The van der Waals surface area contributed by atoms with Crippen LogP contribution < -0.4 is 10.2 Å². The SMILES string of the molecule is CCc1nc(Cl)c(C)c(N(C)CC(=O)NC(C)C)n1. The molecule has 0 aliphatic heterocycles. The van der Waals surface area contributed by atoms with Crippen molar-refractivity contribution >= 4 is 23.3 Å². The van der Waals surface area contributed by atoms with Gasteiger partial charge in [-0.15, -0.1) is 0 Å². The second kappa shape index (κ2) is 6.70. The number of anilines is 1. The normalized spacial score (nSPS) is 10.7. The molecule has 1 N–H and O–H groups in total. The summed E-state index contributed by atoms with van der Waals surface area (Å²) in [6.07, 6.45) is 0.707. The van der Waals surface area contributed by atoms with Gasteiger partial charge in [-0.25, -0.2) is 9.97 Å². The fourth-order valence-electron chi connectivity index (χ4n) is 1.71. The predicted molar refractivity (Wildman–Crippen MR) is 77.7 cm³/mol. The zero-order valence-corrected chi connectivity index (χ0v) is 12.9. The lowest BCUT2D eigenvalue weighted by Gasteiger charge is -2.21. The van der Waals surface area contributed by atoms with Crippen LogP contribution in [0.25, 0.3) is 0 Å². The lowest BCUT2D eigenvalue weighted by molar-refractivity contribution is -0.120. The molecule has 0 radical (unpaired) electrons. The summed E-state index contributed by atoms with van der Waals surface area (Å²) in [5, 5.41) is 3.29. The molecule has 1 aromatic heterocycles. The number of hydrogen-bond donors (Lipinski definition) is 1. The van der Waals surface area contributed by atoms with Crippen molar-refractivity contribution in [2.45, 2.75) is 40.2 Å². The summed E-state index contributed by atoms with van der Waals surface area (Å²) in [4.78, 5) is 22.2. The molecule has 106 valence electrons. The summed E-state index contributed by atoms with van der Waals surface area (Å²) in [7, 11) is 1.82. The average Bonchev–Trinajstić information content (AvgIpc) is 2.30. The van der Waals surface area contributed by atoms with Crippen LogP contribution >= 0.6 is 11.6 Å². The molecule has 19 heavy (non-hydrogen) atoms. The lowest BCUT2D eigenvalue weighted by atomic mass is 10.3. The maximum Gasteiger partial charge on any atom is 0.239 e. The van der Waals surface area contributed by atoms with Crippen LogP contribution in [0.15, 0.2) is 0 Å². The van der Waals surface area contributed by atoms with Crippen molar-refractivity contribution in [1.29, 1.82) is 0 Å². The van der Waals surface area contributed by atoms with Crippen molar-refractivity contribution in [2.75, 3.05) is 18.5 Å². The first-order chi connectivity index (χ1) is 8.85.